The first-order valence-electron chi connectivity index (χ1n) is 11.7. The summed E-state index contributed by atoms with van der Waals surface area (Å²) in [5.74, 6) is 1.05. The van der Waals surface area contributed by atoms with E-state index in [2.05, 4.69) is 46.3 Å². The molecule has 0 aliphatic carbocycles. The number of halogens is 1. The summed E-state index contributed by atoms with van der Waals surface area (Å²) < 4.78 is 13.1. The number of hydrogen-bond acceptors (Lipinski definition) is 5. The maximum Gasteiger partial charge on any atom is 0.270 e. The summed E-state index contributed by atoms with van der Waals surface area (Å²) in [6.07, 6.45) is 1.84. The van der Waals surface area contributed by atoms with Crippen LogP contribution in [0.25, 0.3) is 16.8 Å². The lowest BCUT2D eigenvalue weighted by Gasteiger charge is -2.17. The maximum absolute atomic E-state index is 13.3. The van der Waals surface area contributed by atoms with Crippen LogP contribution in [-0.4, -0.2) is 17.3 Å². The lowest BCUT2D eigenvalue weighted by molar-refractivity contribution is -0.113. The van der Waals surface area contributed by atoms with Crippen molar-refractivity contribution in [2.45, 2.75) is 20.5 Å². The smallest absolute Gasteiger partial charge is 0.270 e. The number of methoxy groups -OCH3 is 1. The molecule has 0 bridgehead atoms. The van der Waals surface area contributed by atoms with E-state index in [0.29, 0.717) is 27.3 Å². The van der Waals surface area contributed by atoms with Crippen LogP contribution in [0.4, 0.5) is 5.69 Å². The minimum atomic E-state index is -0.131. The van der Waals surface area contributed by atoms with Crippen LogP contribution in [0.3, 0.4) is 0 Å². The fourth-order valence-corrected chi connectivity index (χ4v) is 6.27. The van der Waals surface area contributed by atoms with E-state index in [1.54, 1.807) is 12.0 Å². The number of fused-ring (bicyclic) bond motifs is 1. The highest BCUT2D eigenvalue weighted by Crippen LogP contribution is 2.41. The van der Waals surface area contributed by atoms with E-state index in [4.69, 9.17) is 21.7 Å². The van der Waals surface area contributed by atoms with Crippen LogP contribution in [0.2, 0.25) is 0 Å². The highest BCUT2D eigenvalue weighted by Gasteiger charge is 2.34. The number of carbonyl (C=O) groups is 1. The van der Waals surface area contributed by atoms with Crippen molar-refractivity contribution in [3.8, 4) is 11.5 Å². The summed E-state index contributed by atoms with van der Waals surface area (Å²) in [5, 5.41) is 2.32. The molecule has 0 N–H and O–H groups in total. The Kier molecular flexibility index (Phi) is 7.38. The van der Waals surface area contributed by atoms with Crippen LogP contribution in [0.1, 0.15) is 22.3 Å². The van der Waals surface area contributed by atoms with Gasteiger partial charge < -0.3 is 9.47 Å². The van der Waals surface area contributed by atoms with E-state index in [9.17, 15) is 4.79 Å². The molecule has 0 radical (unpaired) electrons. The number of thioether (sulfide) groups is 1. The van der Waals surface area contributed by atoms with E-state index >= 15 is 0 Å². The van der Waals surface area contributed by atoms with Gasteiger partial charge in [-0.2, -0.15) is 0 Å². The molecule has 37 heavy (non-hydrogen) atoms. The summed E-state index contributed by atoms with van der Waals surface area (Å²) in [6.45, 7) is 4.41. The van der Waals surface area contributed by atoms with Crippen molar-refractivity contribution in [1.82, 2.24) is 0 Å². The van der Waals surface area contributed by atoms with Gasteiger partial charge in [-0.15, -0.1) is 0 Å². The Morgan fingerprint density at radius 1 is 1.03 bits per heavy atom. The van der Waals surface area contributed by atoms with Crippen molar-refractivity contribution in [1.29, 1.82) is 0 Å². The summed E-state index contributed by atoms with van der Waals surface area (Å²) in [6, 6.07) is 24.2. The predicted octanol–water partition coefficient (Wildman–Crippen LogP) is 8.21. The van der Waals surface area contributed by atoms with Crippen molar-refractivity contribution in [2.24, 2.45) is 0 Å². The second-order valence-corrected chi connectivity index (χ2v) is 11.3. The number of ether oxygens (including phenoxy) is 2. The van der Waals surface area contributed by atoms with Gasteiger partial charge in [0.15, 0.2) is 15.8 Å². The van der Waals surface area contributed by atoms with Crippen LogP contribution in [0, 0.1) is 13.8 Å². The zero-order valence-electron chi connectivity index (χ0n) is 20.6. The Morgan fingerprint density at radius 2 is 1.81 bits per heavy atom. The number of anilines is 1. The topological polar surface area (TPSA) is 38.8 Å². The van der Waals surface area contributed by atoms with E-state index < -0.39 is 0 Å². The number of nitrogens with zero attached hydrogens (tertiary/aromatic N) is 1. The van der Waals surface area contributed by atoms with Crippen LogP contribution >= 0.6 is 39.9 Å². The predicted molar refractivity (Wildman–Crippen MR) is 161 cm³/mol. The van der Waals surface area contributed by atoms with Gasteiger partial charge in [0, 0.05) is 0 Å². The highest BCUT2D eigenvalue weighted by molar-refractivity contribution is 9.10. The molecule has 4 aromatic carbocycles. The first-order valence-corrected chi connectivity index (χ1v) is 13.7. The Labute approximate surface area is 234 Å². The van der Waals surface area contributed by atoms with Gasteiger partial charge in [-0.25, -0.2) is 0 Å². The molecule has 1 heterocycles. The van der Waals surface area contributed by atoms with Crippen LogP contribution in [0.5, 0.6) is 11.5 Å². The van der Waals surface area contributed by atoms with E-state index in [1.807, 2.05) is 62.4 Å². The van der Waals surface area contributed by atoms with Gasteiger partial charge in [0.2, 0.25) is 0 Å². The lowest BCUT2D eigenvalue weighted by Crippen LogP contribution is -2.28. The number of thiocarbonyl (C=S) groups is 1. The summed E-state index contributed by atoms with van der Waals surface area (Å²) in [4.78, 5) is 15.5. The zero-order chi connectivity index (χ0) is 26.1. The molecule has 5 rings (SSSR count). The minimum absolute atomic E-state index is 0.131. The molecule has 0 atom stereocenters. The van der Waals surface area contributed by atoms with Gasteiger partial charge in [0.05, 0.1) is 22.2 Å². The van der Waals surface area contributed by atoms with E-state index in [1.165, 1.54) is 17.1 Å². The molecular weight excluding hydrogens is 566 g/mol. The van der Waals surface area contributed by atoms with Crippen LogP contribution in [0.15, 0.2) is 82.2 Å². The molecule has 1 aliphatic rings. The Morgan fingerprint density at radius 3 is 2.59 bits per heavy atom. The molecule has 1 amide bonds. The van der Waals surface area contributed by atoms with Gasteiger partial charge in [-0.05, 0) is 81.5 Å². The van der Waals surface area contributed by atoms with Crippen molar-refractivity contribution < 1.29 is 14.3 Å². The first-order chi connectivity index (χ1) is 17.9. The molecule has 1 aliphatic heterocycles. The monoisotopic (exact) mass is 589 g/mol. The van der Waals surface area contributed by atoms with Crippen molar-refractivity contribution in [3.05, 3.63) is 104 Å². The summed E-state index contributed by atoms with van der Waals surface area (Å²) in [5.41, 5.74) is 4.86. The Bertz CT molecular complexity index is 1580. The number of amides is 1. The van der Waals surface area contributed by atoms with Crippen molar-refractivity contribution in [3.63, 3.8) is 0 Å². The normalized spacial score (nSPS) is 14.6. The maximum atomic E-state index is 13.3. The minimum Gasteiger partial charge on any atom is -0.493 e. The molecule has 4 aromatic rings. The average molecular weight is 591 g/mol. The van der Waals surface area contributed by atoms with E-state index in [-0.39, 0.29) is 5.91 Å². The average Bonchev–Trinajstić information content (AvgIpc) is 3.15. The van der Waals surface area contributed by atoms with Gasteiger partial charge in [0.1, 0.15) is 6.61 Å². The number of rotatable bonds is 6. The number of aryl methyl sites for hydroxylation is 2. The van der Waals surface area contributed by atoms with Crippen molar-refractivity contribution in [2.75, 3.05) is 12.0 Å². The molecule has 4 nitrogen and oxygen atoms in total. The standard InChI is InChI=1S/C30H24BrNO3S2/c1-18-11-12-25(19(2)13-18)32-29(33)27(37-30(32)36)16-20-14-24(31)28(26(15-20)34-3)35-17-22-9-6-8-21-7-4-5-10-23(21)22/h4-16H,17H2,1-3H3/b27-16+. The van der Waals surface area contributed by atoms with Crippen molar-refractivity contribution >= 4 is 72.7 Å². The summed E-state index contributed by atoms with van der Waals surface area (Å²) in [7, 11) is 1.61. The van der Waals surface area contributed by atoms with Gasteiger partial charge in [-0.1, -0.05) is 84.1 Å². The lowest BCUT2D eigenvalue weighted by atomic mass is 10.1. The van der Waals surface area contributed by atoms with Gasteiger partial charge in [0.25, 0.3) is 5.91 Å². The third kappa shape index (κ3) is 5.17. The molecule has 0 spiro atoms. The number of hydrogen-bond donors (Lipinski definition) is 0. The summed E-state index contributed by atoms with van der Waals surface area (Å²) >= 11 is 10.5. The van der Waals surface area contributed by atoms with Crippen LogP contribution in [-0.2, 0) is 11.4 Å². The van der Waals surface area contributed by atoms with Gasteiger partial charge in [-0.3, -0.25) is 9.69 Å². The molecule has 0 unspecified atom stereocenters. The molecule has 186 valence electrons. The quantitative estimate of drug-likeness (QED) is 0.167. The second kappa shape index (κ2) is 10.7. The molecule has 1 fully saturated rings. The third-order valence-electron chi connectivity index (χ3n) is 6.19. The highest BCUT2D eigenvalue weighted by atomic mass is 79.9. The van der Waals surface area contributed by atoms with Crippen LogP contribution < -0.4 is 14.4 Å². The molecule has 1 saturated heterocycles. The fourth-order valence-electron chi connectivity index (χ4n) is 4.41. The molecular formula is C30H24BrNO3S2. The largest absolute Gasteiger partial charge is 0.493 e. The van der Waals surface area contributed by atoms with E-state index in [0.717, 1.165) is 37.8 Å². The zero-order valence-corrected chi connectivity index (χ0v) is 23.8. The molecule has 0 aromatic heterocycles. The molecule has 7 heteroatoms. The Balaban J connectivity index is 1.41. The second-order valence-electron chi connectivity index (χ2n) is 8.77. The molecule has 0 saturated carbocycles. The van der Waals surface area contributed by atoms with Gasteiger partial charge >= 0.3 is 0 Å². The first kappa shape index (κ1) is 25.5. The number of benzene rings is 4. The SMILES string of the molecule is COc1cc(/C=C2/SC(=S)N(c3ccc(C)cc3C)C2=O)cc(Br)c1OCc1cccc2ccccc12. The third-order valence-corrected chi connectivity index (χ3v) is 8.08. The Hall–Kier alpha value is -3.13. The fraction of sp³-hybridized carbons (Fsp3) is 0.133. The number of carbonyl (C=O) groups excluding carboxylic acids is 1.